The highest BCUT2D eigenvalue weighted by atomic mass is 32.2. The van der Waals surface area contributed by atoms with Gasteiger partial charge >= 0.3 is 0 Å². The number of anilines is 1. The van der Waals surface area contributed by atoms with Crippen molar-refractivity contribution in [2.45, 2.75) is 24.8 Å². The molecule has 0 fully saturated rings. The van der Waals surface area contributed by atoms with E-state index in [1.54, 1.807) is 18.1 Å². The first-order valence-corrected chi connectivity index (χ1v) is 6.85. The molecular weight excluding hydrogens is 248 g/mol. The summed E-state index contributed by atoms with van der Waals surface area (Å²) < 4.78 is 3.81. The van der Waals surface area contributed by atoms with Gasteiger partial charge in [0.25, 0.3) is 0 Å². The highest BCUT2D eigenvalue weighted by Crippen LogP contribution is 2.27. The molecule has 0 radical (unpaired) electrons. The SMILES string of the molecule is CCNc1c(CSc2nncn2C)c(C)nn1C. The summed E-state index contributed by atoms with van der Waals surface area (Å²) in [5.74, 6) is 1.93. The number of thioether (sulfide) groups is 1. The Balaban J connectivity index is 2.16. The van der Waals surface area contributed by atoms with Gasteiger partial charge in [-0.25, -0.2) is 0 Å². The molecule has 0 atom stereocenters. The van der Waals surface area contributed by atoms with Crippen LogP contribution in [0.2, 0.25) is 0 Å². The Hall–Kier alpha value is -1.50. The summed E-state index contributed by atoms with van der Waals surface area (Å²) in [6.45, 7) is 5.01. The zero-order valence-electron chi connectivity index (χ0n) is 11.1. The molecule has 0 saturated carbocycles. The van der Waals surface area contributed by atoms with Gasteiger partial charge in [-0.1, -0.05) is 11.8 Å². The minimum atomic E-state index is 0.842. The van der Waals surface area contributed by atoms with E-state index in [9.17, 15) is 0 Å². The molecular formula is C11H18N6S. The van der Waals surface area contributed by atoms with Crippen LogP contribution in [0.5, 0.6) is 0 Å². The van der Waals surface area contributed by atoms with Crippen LogP contribution in [-0.2, 0) is 19.8 Å². The van der Waals surface area contributed by atoms with Crippen molar-refractivity contribution in [3.63, 3.8) is 0 Å². The van der Waals surface area contributed by atoms with Crippen LogP contribution in [0.25, 0.3) is 0 Å². The second-order valence-corrected chi connectivity index (χ2v) is 5.02. The molecule has 1 N–H and O–H groups in total. The molecule has 0 bridgehead atoms. The molecule has 0 aliphatic carbocycles. The largest absolute Gasteiger partial charge is 0.370 e. The van der Waals surface area contributed by atoms with E-state index in [4.69, 9.17) is 0 Å². The van der Waals surface area contributed by atoms with E-state index >= 15 is 0 Å². The molecule has 98 valence electrons. The first kappa shape index (κ1) is 12.9. The van der Waals surface area contributed by atoms with Crippen LogP contribution >= 0.6 is 11.8 Å². The van der Waals surface area contributed by atoms with Gasteiger partial charge in [0.05, 0.1) is 5.69 Å². The van der Waals surface area contributed by atoms with Crippen LogP contribution in [0.1, 0.15) is 18.2 Å². The van der Waals surface area contributed by atoms with Crippen molar-refractivity contribution in [3.05, 3.63) is 17.6 Å². The maximum Gasteiger partial charge on any atom is 0.191 e. The molecule has 0 aromatic carbocycles. The molecule has 2 heterocycles. The lowest BCUT2D eigenvalue weighted by molar-refractivity contribution is 0.759. The molecule has 2 aromatic rings. The summed E-state index contributed by atoms with van der Waals surface area (Å²) in [4.78, 5) is 0. The molecule has 0 saturated heterocycles. The third-order valence-corrected chi connectivity index (χ3v) is 3.77. The Bertz CT molecular complexity index is 530. The standard InChI is InChI=1S/C11H18N6S/c1-5-12-10-9(8(2)15-17(10)4)6-18-11-14-13-7-16(11)3/h7,12H,5-6H2,1-4H3. The third kappa shape index (κ3) is 2.50. The molecule has 0 spiro atoms. The zero-order chi connectivity index (χ0) is 13.1. The number of nitrogens with zero attached hydrogens (tertiary/aromatic N) is 5. The average molecular weight is 266 g/mol. The maximum atomic E-state index is 4.45. The van der Waals surface area contributed by atoms with Gasteiger partial charge in [0, 0.05) is 32.0 Å². The topological polar surface area (TPSA) is 60.6 Å². The van der Waals surface area contributed by atoms with E-state index in [0.717, 1.165) is 29.0 Å². The Kier molecular flexibility index (Phi) is 3.90. The van der Waals surface area contributed by atoms with E-state index in [1.807, 2.05) is 30.3 Å². The number of hydrogen-bond donors (Lipinski definition) is 1. The van der Waals surface area contributed by atoms with Crippen LogP contribution in [-0.4, -0.2) is 31.1 Å². The van der Waals surface area contributed by atoms with Gasteiger partial charge in [-0.3, -0.25) is 4.68 Å². The first-order valence-electron chi connectivity index (χ1n) is 5.86. The lowest BCUT2D eigenvalue weighted by atomic mass is 10.3. The molecule has 7 heteroatoms. The molecule has 2 aromatic heterocycles. The zero-order valence-corrected chi connectivity index (χ0v) is 12.0. The van der Waals surface area contributed by atoms with Crippen LogP contribution in [0, 0.1) is 6.92 Å². The Morgan fingerprint density at radius 2 is 2.17 bits per heavy atom. The second kappa shape index (κ2) is 5.43. The lowest BCUT2D eigenvalue weighted by Crippen LogP contribution is -2.05. The van der Waals surface area contributed by atoms with Gasteiger partial charge < -0.3 is 9.88 Å². The monoisotopic (exact) mass is 266 g/mol. The van der Waals surface area contributed by atoms with Crippen LogP contribution in [0.4, 0.5) is 5.82 Å². The van der Waals surface area contributed by atoms with Gasteiger partial charge in [-0.15, -0.1) is 10.2 Å². The molecule has 0 aliphatic heterocycles. The van der Waals surface area contributed by atoms with E-state index in [1.165, 1.54) is 5.56 Å². The maximum absolute atomic E-state index is 4.45. The van der Waals surface area contributed by atoms with Gasteiger partial charge in [0.15, 0.2) is 5.16 Å². The van der Waals surface area contributed by atoms with Crippen molar-refractivity contribution in [1.82, 2.24) is 24.5 Å². The molecule has 0 aliphatic rings. The summed E-state index contributed by atoms with van der Waals surface area (Å²) in [6, 6.07) is 0. The predicted octanol–water partition coefficient (Wildman–Crippen LogP) is 1.58. The first-order chi connectivity index (χ1) is 8.63. The Labute approximate surface area is 111 Å². The average Bonchev–Trinajstić information content (AvgIpc) is 2.83. The van der Waals surface area contributed by atoms with Gasteiger partial charge in [-0.05, 0) is 13.8 Å². The summed E-state index contributed by atoms with van der Waals surface area (Å²) in [6.07, 6.45) is 1.71. The summed E-state index contributed by atoms with van der Waals surface area (Å²) in [5, 5.41) is 16.7. The summed E-state index contributed by atoms with van der Waals surface area (Å²) in [7, 11) is 3.91. The van der Waals surface area contributed by atoms with Crippen molar-refractivity contribution in [2.24, 2.45) is 14.1 Å². The van der Waals surface area contributed by atoms with Gasteiger partial charge in [0.1, 0.15) is 12.1 Å². The fraction of sp³-hybridized carbons (Fsp3) is 0.545. The third-order valence-electron chi connectivity index (χ3n) is 2.71. The van der Waals surface area contributed by atoms with Gasteiger partial charge in [0.2, 0.25) is 0 Å². The summed E-state index contributed by atoms with van der Waals surface area (Å²) in [5.41, 5.74) is 2.29. The molecule has 6 nitrogen and oxygen atoms in total. The Morgan fingerprint density at radius 3 is 2.78 bits per heavy atom. The fourth-order valence-corrected chi connectivity index (χ4v) is 2.78. The highest BCUT2D eigenvalue weighted by Gasteiger charge is 2.13. The molecule has 0 amide bonds. The highest BCUT2D eigenvalue weighted by molar-refractivity contribution is 7.98. The predicted molar refractivity (Wildman–Crippen MR) is 72.7 cm³/mol. The minimum absolute atomic E-state index is 0.842. The molecule has 18 heavy (non-hydrogen) atoms. The fourth-order valence-electron chi connectivity index (χ4n) is 1.80. The van der Waals surface area contributed by atoms with Crippen LogP contribution in [0.3, 0.4) is 0 Å². The van der Waals surface area contributed by atoms with Crippen molar-refractivity contribution in [3.8, 4) is 0 Å². The number of nitrogens with one attached hydrogen (secondary N) is 1. The number of aryl methyl sites for hydroxylation is 3. The Morgan fingerprint density at radius 1 is 1.39 bits per heavy atom. The van der Waals surface area contributed by atoms with E-state index in [0.29, 0.717) is 0 Å². The van der Waals surface area contributed by atoms with Crippen molar-refractivity contribution in [1.29, 1.82) is 0 Å². The van der Waals surface area contributed by atoms with Crippen LogP contribution in [0.15, 0.2) is 11.5 Å². The van der Waals surface area contributed by atoms with Crippen LogP contribution < -0.4 is 5.32 Å². The molecule has 2 rings (SSSR count). The summed E-state index contributed by atoms with van der Waals surface area (Å²) >= 11 is 1.67. The van der Waals surface area contributed by atoms with Gasteiger partial charge in [-0.2, -0.15) is 5.10 Å². The normalized spacial score (nSPS) is 10.9. The second-order valence-electron chi connectivity index (χ2n) is 4.08. The quantitative estimate of drug-likeness (QED) is 0.833. The number of aromatic nitrogens is 5. The number of hydrogen-bond acceptors (Lipinski definition) is 5. The van der Waals surface area contributed by atoms with E-state index < -0.39 is 0 Å². The van der Waals surface area contributed by atoms with E-state index in [-0.39, 0.29) is 0 Å². The number of rotatable bonds is 5. The van der Waals surface area contributed by atoms with Crippen molar-refractivity contribution < 1.29 is 0 Å². The smallest absolute Gasteiger partial charge is 0.191 e. The van der Waals surface area contributed by atoms with E-state index in [2.05, 4.69) is 27.5 Å². The van der Waals surface area contributed by atoms with Crippen molar-refractivity contribution in [2.75, 3.05) is 11.9 Å². The van der Waals surface area contributed by atoms with Crippen molar-refractivity contribution >= 4 is 17.6 Å². The minimum Gasteiger partial charge on any atom is -0.370 e. The lowest BCUT2D eigenvalue weighted by Gasteiger charge is -2.07. The molecule has 0 unspecified atom stereocenters.